The van der Waals surface area contributed by atoms with E-state index < -0.39 is 5.91 Å². The van der Waals surface area contributed by atoms with Crippen LogP contribution in [0.3, 0.4) is 0 Å². The zero-order valence-corrected chi connectivity index (χ0v) is 21.9. The molecule has 0 saturated carbocycles. The number of likely N-dealkylation sites (N-methyl/N-ethyl adjacent to an activating group) is 1. The van der Waals surface area contributed by atoms with Crippen LogP contribution in [0.25, 0.3) is 22.5 Å². The lowest BCUT2D eigenvalue weighted by atomic mass is 10.0. The number of oxazole rings is 1. The van der Waals surface area contributed by atoms with Crippen molar-refractivity contribution in [3.8, 4) is 22.5 Å². The van der Waals surface area contributed by atoms with E-state index in [9.17, 15) is 9.59 Å². The zero-order chi connectivity index (χ0) is 26.6. The number of likely N-dealkylation sites (tertiary alicyclic amines) is 1. The highest BCUT2D eigenvalue weighted by molar-refractivity contribution is 5.93. The van der Waals surface area contributed by atoms with E-state index in [1.54, 1.807) is 24.5 Å². The molecule has 1 aliphatic rings. The number of carbonyl (C=O) groups is 1. The van der Waals surface area contributed by atoms with Crippen molar-refractivity contribution in [2.75, 3.05) is 38.1 Å². The minimum atomic E-state index is -0.464. The number of amides is 1. The Balaban J connectivity index is 1.46. The van der Waals surface area contributed by atoms with Gasteiger partial charge in [-0.1, -0.05) is 6.07 Å². The molecule has 8 nitrogen and oxygen atoms in total. The Hall–Kier alpha value is -4.17. The van der Waals surface area contributed by atoms with Gasteiger partial charge in [-0.2, -0.15) is 0 Å². The summed E-state index contributed by atoms with van der Waals surface area (Å²) in [6.45, 7) is 6.17. The van der Waals surface area contributed by atoms with Crippen LogP contribution in [0.15, 0.2) is 70.1 Å². The van der Waals surface area contributed by atoms with Crippen molar-refractivity contribution in [1.82, 2.24) is 14.9 Å². The fraction of sp³-hybridized carbons (Fsp3) is 0.300. The maximum Gasteiger partial charge on any atom is 0.255 e. The Morgan fingerprint density at radius 2 is 1.92 bits per heavy atom. The highest BCUT2D eigenvalue weighted by Gasteiger charge is 2.16. The van der Waals surface area contributed by atoms with Crippen LogP contribution in [0.4, 0.5) is 5.69 Å². The number of aryl methyl sites for hydroxylation is 1. The molecule has 5 rings (SSSR count). The molecule has 0 atom stereocenters. The Bertz CT molecular complexity index is 1500. The monoisotopic (exact) mass is 511 g/mol. The average Bonchev–Trinajstić information content (AvgIpc) is 3.61. The van der Waals surface area contributed by atoms with Crippen LogP contribution >= 0.6 is 0 Å². The molecule has 0 spiro atoms. The number of anilines is 1. The first-order chi connectivity index (χ1) is 18.4. The van der Waals surface area contributed by atoms with Gasteiger partial charge in [-0.3, -0.25) is 9.59 Å². The van der Waals surface area contributed by atoms with Gasteiger partial charge in [0.25, 0.3) is 5.56 Å². The summed E-state index contributed by atoms with van der Waals surface area (Å²) in [5, 5.41) is 0. The van der Waals surface area contributed by atoms with Crippen LogP contribution in [0.1, 0.15) is 40.2 Å². The first-order valence-electron chi connectivity index (χ1n) is 13.0. The minimum Gasteiger partial charge on any atom is -0.440 e. The van der Waals surface area contributed by atoms with Crippen molar-refractivity contribution in [2.45, 2.75) is 26.2 Å². The fourth-order valence-corrected chi connectivity index (χ4v) is 4.91. The highest BCUT2D eigenvalue weighted by atomic mass is 16.4. The largest absolute Gasteiger partial charge is 0.440 e. The molecule has 196 valence electrons. The number of benzene rings is 2. The van der Waals surface area contributed by atoms with E-state index in [-0.39, 0.29) is 5.56 Å². The predicted octanol–water partition coefficient (Wildman–Crippen LogP) is 4.23. The fourth-order valence-electron chi connectivity index (χ4n) is 4.91. The highest BCUT2D eigenvalue weighted by Crippen LogP contribution is 2.31. The molecule has 0 radical (unpaired) electrons. The Kier molecular flexibility index (Phi) is 7.42. The second-order valence-electron chi connectivity index (χ2n) is 9.95. The van der Waals surface area contributed by atoms with E-state index in [0.29, 0.717) is 29.2 Å². The second kappa shape index (κ2) is 11.1. The van der Waals surface area contributed by atoms with Gasteiger partial charge in [0.1, 0.15) is 0 Å². The molecular weight excluding hydrogens is 478 g/mol. The maximum atomic E-state index is 12.6. The van der Waals surface area contributed by atoms with Crippen molar-refractivity contribution >= 4 is 11.6 Å². The summed E-state index contributed by atoms with van der Waals surface area (Å²) in [7, 11) is 2.08. The molecule has 1 aliphatic heterocycles. The second-order valence-corrected chi connectivity index (χ2v) is 9.95. The Morgan fingerprint density at radius 3 is 2.68 bits per heavy atom. The smallest absolute Gasteiger partial charge is 0.255 e. The van der Waals surface area contributed by atoms with E-state index in [0.717, 1.165) is 54.1 Å². The third-order valence-corrected chi connectivity index (χ3v) is 7.25. The number of hydrogen-bond donors (Lipinski definition) is 2. The number of aromatic nitrogens is 2. The zero-order valence-electron chi connectivity index (χ0n) is 21.9. The predicted molar refractivity (Wildman–Crippen MR) is 149 cm³/mol. The third-order valence-electron chi connectivity index (χ3n) is 7.25. The molecule has 1 amide bonds. The van der Waals surface area contributed by atoms with E-state index in [1.807, 2.05) is 37.3 Å². The number of carbonyl (C=O) groups excluding carboxylic acids is 1. The molecule has 0 bridgehead atoms. The van der Waals surface area contributed by atoms with E-state index >= 15 is 0 Å². The molecule has 38 heavy (non-hydrogen) atoms. The first kappa shape index (κ1) is 25.5. The summed E-state index contributed by atoms with van der Waals surface area (Å²) >= 11 is 0. The Morgan fingerprint density at radius 1 is 1.13 bits per heavy atom. The van der Waals surface area contributed by atoms with Crippen LogP contribution in [0, 0.1) is 6.92 Å². The van der Waals surface area contributed by atoms with Gasteiger partial charge in [0, 0.05) is 55.1 Å². The maximum absolute atomic E-state index is 12.6. The van der Waals surface area contributed by atoms with Gasteiger partial charge in [0.05, 0.1) is 6.20 Å². The quantitative estimate of drug-likeness (QED) is 0.348. The average molecular weight is 512 g/mol. The Labute approximate surface area is 222 Å². The van der Waals surface area contributed by atoms with Crippen LogP contribution < -0.4 is 16.2 Å². The van der Waals surface area contributed by atoms with Crippen LogP contribution in [0.2, 0.25) is 0 Å². The van der Waals surface area contributed by atoms with Crippen molar-refractivity contribution in [1.29, 1.82) is 0 Å². The molecule has 3 heterocycles. The first-order valence-corrected chi connectivity index (χ1v) is 13.0. The van der Waals surface area contributed by atoms with Gasteiger partial charge in [-0.05, 0) is 92.0 Å². The SMILES string of the molecule is Cc1ccc(C(N)=O)cc1Cc1ncc(-c2cc(-c3ccc[nH]c3=O)cc(N(C)CCN3CCCC3)c2)o1. The van der Waals surface area contributed by atoms with Crippen molar-refractivity contribution in [3.05, 3.63) is 93.9 Å². The number of hydrogen-bond acceptors (Lipinski definition) is 6. The van der Waals surface area contributed by atoms with Crippen LogP contribution in [-0.4, -0.2) is 54.0 Å². The topological polar surface area (TPSA) is 108 Å². The van der Waals surface area contributed by atoms with Crippen molar-refractivity contribution in [3.63, 3.8) is 0 Å². The van der Waals surface area contributed by atoms with Gasteiger partial charge in [-0.25, -0.2) is 4.98 Å². The number of primary amides is 1. The number of rotatable bonds is 9. The number of H-pyrrole nitrogens is 1. The summed E-state index contributed by atoms with van der Waals surface area (Å²) in [5.74, 6) is 0.692. The molecule has 2 aromatic carbocycles. The minimum absolute atomic E-state index is 0.140. The molecule has 4 aromatic rings. The summed E-state index contributed by atoms with van der Waals surface area (Å²) in [6, 6.07) is 15.1. The number of nitrogens with zero attached hydrogens (tertiary/aromatic N) is 3. The third kappa shape index (κ3) is 5.70. The molecule has 0 aliphatic carbocycles. The molecule has 3 N–H and O–H groups in total. The summed E-state index contributed by atoms with van der Waals surface area (Å²) in [5.41, 5.74) is 11.0. The molecule has 8 heteroatoms. The molecule has 1 saturated heterocycles. The van der Waals surface area contributed by atoms with Crippen molar-refractivity contribution in [2.24, 2.45) is 5.73 Å². The summed E-state index contributed by atoms with van der Waals surface area (Å²) in [4.78, 5) is 36.3. The summed E-state index contributed by atoms with van der Waals surface area (Å²) in [6.07, 6.45) is 6.32. The lowest BCUT2D eigenvalue weighted by Gasteiger charge is -2.24. The van der Waals surface area contributed by atoms with Crippen LogP contribution in [-0.2, 0) is 6.42 Å². The molecule has 0 unspecified atom stereocenters. The van der Waals surface area contributed by atoms with Crippen LogP contribution in [0.5, 0.6) is 0 Å². The van der Waals surface area contributed by atoms with Gasteiger partial charge in [0.15, 0.2) is 11.7 Å². The molecular formula is C30H33N5O3. The van der Waals surface area contributed by atoms with Crippen molar-refractivity contribution < 1.29 is 9.21 Å². The lowest BCUT2D eigenvalue weighted by Crippen LogP contribution is -2.31. The van der Waals surface area contributed by atoms with E-state index in [2.05, 4.69) is 32.9 Å². The standard InChI is InChI=1S/C30H33N5O3/c1-20-7-8-21(29(31)36)14-22(20)18-28-33-19-27(38-28)24-15-23(26-6-5-9-32-30(26)37)16-25(17-24)34(2)12-13-35-10-3-4-11-35/h5-9,14-17,19H,3-4,10-13,18H2,1-2H3,(H2,31,36)(H,32,37). The number of nitrogens with two attached hydrogens (primary N) is 1. The molecule has 2 aromatic heterocycles. The number of nitrogens with one attached hydrogen (secondary N) is 1. The summed E-state index contributed by atoms with van der Waals surface area (Å²) < 4.78 is 6.19. The molecule has 1 fully saturated rings. The number of pyridine rings is 1. The van der Waals surface area contributed by atoms with E-state index in [1.165, 1.54) is 12.8 Å². The van der Waals surface area contributed by atoms with E-state index in [4.69, 9.17) is 10.2 Å². The van der Waals surface area contributed by atoms with Gasteiger partial charge >= 0.3 is 0 Å². The number of aromatic amines is 1. The normalized spacial score (nSPS) is 13.6. The van der Waals surface area contributed by atoms with Gasteiger partial charge in [-0.15, -0.1) is 0 Å². The van der Waals surface area contributed by atoms with Gasteiger partial charge in [0.2, 0.25) is 5.91 Å². The lowest BCUT2D eigenvalue weighted by molar-refractivity contribution is 0.1000. The van der Waals surface area contributed by atoms with Gasteiger partial charge < -0.3 is 24.9 Å².